The number of piperazine rings is 1. The standard InChI is InChI=1S/C16H33N3/c1-3-18-9-10-19(13-14(18)2)16(12-17)11-15-7-5-4-6-8-15/h14-16H,3-13,17H2,1-2H3. The van der Waals surface area contributed by atoms with Crippen LogP contribution in [-0.4, -0.2) is 54.6 Å². The Morgan fingerprint density at radius 2 is 1.89 bits per heavy atom. The van der Waals surface area contributed by atoms with E-state index in [1.54, 1.807) is 0 Å². The van der Waals surface area contributed by atoms with E-state index in [2.05, 4.69) is 23.6 Å². The van der Waals surface area contributed by atoms with Crippen molar-refractivity contribution < 1.29 is 0 Å². The van der Waals surface area contributed by atoms with Crippen LogP contribution in [0, 0.1) is 5.92 Å². The molecule has 0 aromatic rings. The number of nitrogens with two attached hydrogens (primary N) is 1. The Kier molecular flexibility index (Phi) is 6.11. The van der Waals surface area contributed by atoms with E-state index in [0.29, 0.717) is 12.1 Å². The molecule has 0 amide bonds. The van der Waals surface area contributed by atoms with Crippen LogP contribution < -0.4 is 5.73 Å². The molecule has 0 radical (unpaired) electrons. The van der Waals surface area contributed by atoms with Gasteiger partial charge < -0.3 is 5.73 Å². The molecule has 2 atom stereocenters. The van der Waals surface area contributed by atoms with E-state index in [4.69, 9.17) is 5.73 Å². The van der Waals surface area contributed by atoms with E-state index in [1.807, 2.05) is 0 Å². The van der Waals surface area contributed by atoms with Gasteiger partial charge in [0.15, 0.2) is 0 Å². The summed E-state index contributed by atoms with van der Waals surface area (Å²) in [6.45, 7) is 10.3. The van der Waals surface area contributed by atoms with E-state index in [-0.39, 0.29) is 0 Å². The third-order valence-electron chi connectivity index (χ3n) is 5.32. The highest BCUT2D eigenvalue weighted by Crippen LogP contribution is 2.29. The number of nitrogens with zero attached hydrogens (tertiary/aromatic N) is 2. The first-order chi connectivity index (χ1) is 9.24. The second-order valence-electron chi connectivity index (χ2n) is 6.60. The lowest BCUT2D eigenvalue weighted by Crippen LogP contribution is -2.56. The van der Waals surface area contributed by atoms with Gasteiger partial charge in [0.25, 0.3) is 0 Å². The quantitative estimate of drug-likeness (QED) is 0.829. The highest BCUT2D eigenvalue weighted by atomic mass is 15.3. The second kappa shape index (κ2) is 7.61. The maximum atomic E-state index is 6.08. The minimum Gasteiger partial charge on any atom is -0.329 e. The van der Waals surface area contributed by atoms with Crippen LogP contribution in [0.5, 0.6) is 0 Å². The van der Waals surface area contributed by atoms with Gasteiger partial charge in [-0.15, -0.1) is 0 Å². The normalized spacial score (nSPS) is 29.5. The van der Waals surface area contributed by atoms with Crippen LogP contribution in [0.2, 0.25) is 0 Å². The predicted molar refractivity (Wildman–Crippen MR) is 82.3 cm³/mol. The highest BCUT2D eigenvalue weighted by Gasteiger charge is 2.28. The lowest BCUT2D eigenvalue weighted by atomic mass is 9.84. The SMILES string of the molecule is CCN1CCN(C(CN)CC2CCCCC2)CC1C. The lowest BCUT2D eigenvalue weighted by molar-refractivity contribution is 0.0507. The van der Waals surface area contributed by atoms with Crippen molar-refractivity contribution in [3.05, 3.63) is 0 Å². The van der Waals surface area contributed by atoms with Gasteiger partial charge >= 0.3 is 0 Å². The van der Waals surface area contributed by atoms with Crippen molar-refractivity contribution in [1.29, 1.82) is 0 Å². The fraction of sp³-hybridized carbons (Fsp3) is 1.00. The molecule has 0 aromatic heterocycles. The highest BCUT2D eigenvalue weighted by molar-refractivity contribution is 4.85. The first-order valence-electron chi connectivity index (χ1n) is 8.42. The van der Waals surface area contributed by atoms with Crippen LogP contribution in [0.15, 0.2) is 0 Å². The molecule has 0 spiro atoms. The molecule has 2 aliphatic rings. The van der Waals surface area contributed by atoms with Gasteiger partial charge in [0.2, 0.25) is 0 Å². The van der Waals surface area contributed by atoms with Crippen LogP contribution in [0.1, 0.15) is 52.4 Å². The summed E-state index contributed by atoms with van der Waals surface area (Å²) in [6.07, 6.45) is 8.58. The van der Waals surface area contributed by atoms with Crippen molar-refractivity contribution in [2.45, 2.75) is 64.5 Å². The Morgan fingerprint density at radius 3 is 2.47 bits per heavy atom. The molecule has 2 rings (SSSR count). The summed E-state index contributed by atoms with van der Waals surface area (Å²) >= 11 is 0. The van der Waals surface area contributed by atoms with Crippen molar-refractivity contribution in [1.82, 2.24) is 9.80 Å². The molecule has 1 heterocycles. The molecule has 2 unspecified atom stereocenters. The van der Waals surface area contributed by atoms with Crippen LogP contribution in [-0.2, 0) is 0 Å². The van der Waals surface area contributed by atoms with Gasteiger partial charge in [-0.05, 0) is 25.8 Å². The minimum atomic E-state index is 0.629. The third-order valence-corrected chi connectivity index (χ3v) is 5.32. The topological polar surface area (TPSA) is 32.5 Å². The molecule has 3 nitrogen and oxygen atoms in total. The summed E-state index contributed by atoms with van der Waals surface area (Å²) in [5, 5.41) is 0. The molecule has 3 heteroatoms. The average molecular weight is 267 g/mol. The molecule has 0 aromatic carbocycles. The Bertz CT molecular complexity index is 250. The largest absolute Gasteiger partial charge is 0.329 e. The number of rotatable bonds is 5. The van der Waals surface area contributed by atoms with Crippen LogP contribution in [0.3, 0.4) is 0 Å². The first kappa shape index (κ1) is 15.3. The summed E-state index contributed by atoms with van der Waals surface area (Å²) < 4.78 is 0. The van der Waals surface area contributed by atoms with Gasteiger partial charge in [0.1, 0.15) is 0 Å². The molecule has 1 saturated carbocycles. The van der Waals surface area contributed by atoms with Crippen molar-refractivity contribution in [2.75, 3.05) is 32.7 Å². The Labute approximate surface area is 119 Å². The molecule has 1 saturated heterocycles. The van der Waals surface area contributed by atoms with E-state index >= 15 is 0 Å². The number of likely N-dealkylation sites (N-methyl/N-ethyl adjacent to an activating group) is 1. The van der Waals surface area contributed by atoms with E-state index in [1.165, 1.54) is 64.7 Å². The zero-order valence-corrected chi connectivity index (χ0v) is 13.0. The van der Waals surface area contributed by atoms with Crippen molar-refractivity contribution in [3.63, 3.8) is 0 Å². The van der Waals surface area contributed by atoms with Crippen molar-refractivity contribution in [2.24, 2.45) is 11.7 Å². The zero-order chi connectivity index (χ0) is 13.7. The van der Waals surface area contributed by atoms with Gasteiger partial charge in [-0.1, -0.05) is 39.0 Å². The molecule has 1 aliphatic heterocycles. The average Bonchev–Trinajstić information content (AvgIpc) is 2.46. The number of hydrogen-bond acceptors (Lipinski definition) is 3. The Morgan fingerprint density at radius 1 is 1.16 bits per heavy atom. The number of hydrogen-bond donors (Lipinski definition) is 1. The molecule has 1 aliphatic carbocycles. The van der Waals surface area contributed by atoms with Gasteiger partial charge in [-0.25, -0.2) is 0 Å². The first-order valence-corrected chi connectivity index (χ1v) is 8.42. The molecule has 112 valence electrons. The third kappa shape index (κ3) is 4.17. The lowest BCUT2D eigenvalue weighted by Gasteiger charge is -2.43. The fourth-order valence-corrected chi connectivity index (χ4v) is 4.03. The molecule has 2 N–H and O–H groups in total. The van der Waals surface area contributed by atoms with Gasteiger partial charge in [-0.3, -0.25) is 9.80 Å². The van der Waals surface area contributed by atoms with Crippen molar-refractivity contribution in [3.8, 4) is 0 Å². The minimum absolute atomic E-state index is 0.629. The zero-order valence-electron chi connectivity index (χ0n) is 13.0. The summed E-state index contributed by atoms with van der Waals surface area (Å²) in [4.78, 5) is 5.26. The summed E-state index contributed by atoms with van der Waals surface area (Å²) in [6, 6.07) is 1.32. The maximum Gasteiger partial charge on any atom is 0.0222 e. The van der Waals surface area contributed by atoms with E-state index in [0.717, 1.165) is 12.5 Å². The summed E-state index contributed by atoms with van der Waals surface area (Å²) in [5.41, 5.74) is 6.08. The van der Waals surface area contributed by atoms with Crippen LogP contribution >= 0.6 is 0 Å². The molecule has 0 bridgehead atoms. The predicted octanol–water partition coefficient (Wildman–Crippen LogP) is 2.31. The Hall–Kier alpha value is -0.120. The molecule has 19 heavy (non-hydrogen) atoms. The maximum absolute atomic E-state index is 6.08. The van der Waals surface area contributed by atoms with E-state index in [9.17, 15) is 0 Å². The van der Waals surface area contributed by atoms with Crippen LogP contribution in [0.25, 0.3) is 0 Å². The molecular weight excluding hydrogens is 234 g/mol. The van der Waals surface area contributed by atoms with Gasteiger partial charge in [0.05, 0.1) is 0 Å². The summed E-state index contributed by atoms with van der Waals surface area (Å²) in [5.74, 6) is 0.946. The molecular formula is C16H33N3. The van der Waals surface area contributed by atoms with Crippen LogP contribution in [0.4, 0.5) is 0 Å². The monoisotopic (exact) mass is 267 g/mol. The van der Waals surface area contributed by atoms with E-state index < -0.39 is 0 Å². The summed E-state index contributed by atoms with van der Waals surface area (Å²) in [7, 11) is 0. The van der Waals surface area contributed by atoms with Crippen molar-refractivity contribution >= 4 is 0 Å². The second-order valence-corrected chi connectivity index (χ2v) is 6.60. The van der Waals surface area contributed by atoms with Gasteiger partial charge in [0, 0.05) is 38.3 Å². The fourth-order valence-electron chi connectivity index (χ4n) is 4.03. The Balaban J connectivity index is 1.83. The molecule has 2 fully saturated rings. The smallest absolute Gasteiger partial charge is 0.0222 e. The van der Waals surface area contributed by atoms with Gasteiger partial charge in [-0.2, -0.15) is 0 Å².